The second-order valence-corrected chi connectivity index (χ2v) is 9.04. The van der Waals surface area contributed by atoms with Gasteiger partial charge in [0.1, 0.15) is 4.83 Å². The fourth-order valence-corrected chi connectivity index (χ4v) is 6.07. The fourth-order valence-electron chi connectivity index (χ4n) is 3.91. The fraction of sp³-hybridized carbons (Fsp3) is 0.611. The molecule has 2 aromatic heterocycles. The highest BCUT2D eigenvalue weighted by molar-refractivity contribution is 7.99. The van der Waals surface area contributed by atoms with Crippen LogP contribution in [0.2, 0.25) is 0 Å². The number of fused-ring (bicyclic) bond motifs is 3. The van der Waals surface area contributed by atoms with E-state index in [1.165, 1.54) is 28.6 Å². The molecule has 0 aromatic carbocycles. The first-order valence-corrected chi connectivity index (χ1v) is 10.8. The maximum atomic E-state index is 12.8. The van der Waals surface area contributed by atoms with Gasteiger partial charge in [0.15, 0.2) is 5.16 Å². The van der Waals surface area contributed by atoms with Crippen LogP contribution in [-0.4, -0.2) is 38.7 Å². The standard InChI is InChI=1S/C18H23N3O2S2/c1-11-6-3-4-9-21(11)14(22)10-24-18-19-16-15(17(23)20(18)2)12-7-5-8-13(12)25-16/h11H,3-10H2,1-2H3/t11-/m1/s1. The predicted molar refractivity (Wildman–Crippen MR) is 103 cm³/mol. The van der Waals surface area contributed by atoms with E-state index in [9.17, 15) is 9.59 Å². The lowest BCUT2D eigenvalue weighted by atomic mass is 10.0. The number of aryl methyl sites for hydroxylation is 2. The van der Waals surface area contributed by atoms with E-state index in [0.29, 0.717) is 17.0 Å². The molecule has 4 rings (SSSR count). The van der Waals surface area contributed by atoms with Gasteiger partial charge in [0, 0.05) is 24.5 Å². The summed E-state index contributed by atoms with van der Waals surface area (Å²) in [5, 5.41) is 1.45. The monoisotopic (exact) mass is 377 g/mol. The van der Waals surface area contributed by atoms with Gasteiger partial charge >= 0.3 is 0 Å². The van der Waals surface area contributed by atoms with Crippen molar-refractivity contribution in [1.29, 1.82) is 0 Å². The number of thiophene rings is 1. The van der Waals surface area contributed by atoms with Crippen LogP contribution in [0.3, 0.4) is 0 Å². The van der Waals surface area contributed by atoms with E-state index in [1.807, 2.05) is 4.90 Å². The molecular formula is C18H23N3O2S2. The number of thioether (sulfide) groups is 1. The number of likely N-dealkylation sites (tertiary alicyclic amines) is 1. The van der Waals surface area contributed by atoms with Gasteiger partial charge in [-0.3, -0.25) is 14.2 Å². The first kappa shape index (κ1) is 17.1. The first-order valence-electron chi connectivity index (χ1n) is 9.00. The summed E-state index contributed by atoms with van der Waals surface area (Å²) in [6, 6.07) is 0.321. The Kier molecular flexibility index (Phi) is 4.62. The first-order chi connectivity index (χ1) is 12.1. The van der Waals surface area contributed by atoms with Gasteiger partial charge < -0.3 is 4.90 Å². The van der Waals surface area contributed by atoms with Crippen LogP contribution in [0.25, 0.3) is 10.2 Å². The second kappa shape index (κ2) is 6.76. The number of rotatable bonds is 3. The zero-order chi connectivity index (χ0) is 17.6. The smallest absolute Gasteiger partial charge is 0.262 e. The zero-order valence-corrected chi connectivity index (χ0v) is 16.3. The molecule has 0 bridgehead atoms. The number of carbonyl (C=O) groups excluding carboxylic acids is 1. The van der Waals surface area contributed by atoms with E-state index >= 15 is 0 Å². The Morgan fingerprint density at radius 1 is 1.32 bits per heavy atom. The SMILES string of the molecule is C[C@@H]1CCCCN1C(=O)CSc1nc2sc3c(c2c(=O)n1C)CCC3. The van der Waals surface area contributed by atoms with Gasteiger partial charge in [-0.25, -0.2) is 4.98 Å². The number of nitrogens with zero attached hydrogens (tertiary/aromatic N) is 3. The molecule has 0 saturated carbocycles. The molecule has 5 nitrogen and oxygen atoms in total. The molecule has 25 heavy (non-hydrogen) atoms. The van der Waals surface area contributed by atoms with Crippen LogP contribution in [0, 0.1) is 0 Å². The number of hydrogen-bond acceptors (Lipinski definition) is 5. The maximum absolute atomic E-state index is 12.8. The molecule has 3 heterocycles. The van der Waals surface area contributed by atoms with Crippen molar-refractivity contribution in [2.45, 2.75) is 56.6 Å². The Bertz CT molecular complexity index is 887. The van der Waals surface area contributed by atoms with E-state index in [4.69, 9.17) is 4.98 Å². The van der Waals surface area contributed by atoms with Crippen molar-refractivity contribution >= 4 is 39.2 Å². The maximum Gasteiger partial charge on any atom is 0.262 e. The zero-order valence-electron chi connectivity index (χ0n) is 14.7. The van der Waals surface area contributed by atoms with E-state index in [1.54, 1.807) is 23.0 Å². The van der Waals surface area contributed by atoms with Gasteiger partial charge in [-0.05, 0) is 51.0 Å². The van der Waals surface area contributed by atoms with Crippen LogP contribution in [-0.2, 0) is 24.7 Å². The lowest BCUT2D eigenvalue weighted by molar-refractivity contribution is -0.131. The molecule has 0 radical (unpaired) electrons. The van der Waals surface area contributed by atoms with Crippen molar-refractivity contribution in [2.24, 2.45) is 7.05 Å². The summed E-state index contributed by atoms with van der Waals surface area (Å²) in [5.41, 5.74) is 1.24. The van der Waals surface area contributed by atoms with Crippen molar-refractivity contribution in [1.82, 2.24) is 14.5 Å². The van der Waals surface area contributed by atoms with Crippen LogP contribution in [0.4, 0.5) is 0 Å². The summed E-state index contributed by atoms with van der Waals surface area (Å²) in [5.74, 6) is 0.501. The minimum Gasteiger partial charge on any atom is -0.339 e. The minimum absolute atomic E-state index is 0.0330. The molecule has 2 aromatic rings. The molecule has 2 aliphatic rings. The molecule has 0 spiro atoms. The summed E-state index contributed by atoms with van der Waals surface area (Å²) in [6.45, 7) is 2.97. The third kappa shape index (κ3) is 3.01. The number of carbonyl (C=O) groups is 1. The molecule has 1 amide bonds. The predicted octanol–water partition coefficient (Wildman–Crippen LogP) is 2.98. The van der Waals surface area contributed by atoms with Crippen molar-refractivity contribution in [3.8, 4) is 0 Å². The molecular weight excluding hydrogens is 354 g/mol. The van der Waals surface area contributed by atoms with E-state index in [0.717, 1.165) is 48.9 Å². The van der Waals surface area contributed by atoms with Crippen molar-refractivity contribution in [3.05, 3.63) is 20.8 Å². The molecule has 1 saturated heterocycles. The third-order valence-electron chi connectivity index (χ3n) is 5.35. The summed E-state index contributed by atoms with van der Waals surface area (Å²) in [6.07, 6.45) is 6.56. The molecule has 134 valence electrons. The number of amides is 1. The summed E-state index contributed by atoms with van der Waals surface area (Å²) >= 11 is 3.04. The van der Waals surface area contributed by atoms with Gasteiger partial charge in [-0.1, -0.05) is 11.8 Å². The summed E-state index contributed by atoms with van der Waals surface area (Å²) in [7, 11) is 1.77. The minimum atomic E-state index is 0.0330. The summed E-state index contributed by atoms with van der Waals surface area (Å²) < 4.78 is 1.62. The van der Waals surface area contributed by atoms with Gasteiger partial charge in [0.25, 0.3) is 5.56 Å². The molecule has 1 aliphatic carbocycles. The van der Waals surface area contributed by atoms with Gasteiger partial charge in [-0.15, -0.1) is 11.3 Å². The Morgan fingerprint density at radius 2 is 2.16 bits per heavy atom. The number of hydrogen-bond donors (Lipinski definition) is 0. The Labute approximate surface area is 155 Å². The van der Waals surface area contributed by atoms with Gasteiger partial charge in [0.2, 0.25) is 5.91 Å². The largest absolute Gasteiger partial charge is 0.339 e. The quantitative estimate of drug-likeness (QED) is 0.610. The molecule has 1 fully saturated rings. The average Bonchev–Trinajstić information content (AvgIpc) is 3.17. The van der Waals surface area contributed by atoms with Crippen LogP contribution in [0.5, 0.6) is 0 Å². The number of aromatic nitrogens is 2. The normalized spacial score (nSPS) is 20.2. The number of piperidine rings is 1. The lowest BCUT2D eigenvalue weighted by Gasteiger charge is -2.33. The van der Waals surface area contributed by atoms with Crippen LogP contribution in [0.1, 0.15) is 43.0 Å². The molecule has 7 heteroatoms. The Balaban J connectivity index is 1.57. The highest BCUT2D eigenvalue weighted by atomic mass is 32.2. The van der Waals surface area contributed by atoms with E-state index in [-0.39, 0.29) is 11.5 Å². The van der Waals surface area contributed by atoms with Crippen molar-refractivity contribution < 1.29 is 4.79 Å². The Morgan fingerprint density at radius 3 is 2.96 bits per heavy atom. The second-order valence-electron chi connectivity index (χ2n) is 7.02. The molecule has 0 N–H and O–H groups in total. The van der Waals surface area contributed by atoms with Gasteiger partial charge in [-0.2, -0.15) is 0 Å². The van der Waals surface area contributed by atoms with Gasteiger partial charge in [0.05, 0.1) is 11.1 Å². The van der Waals surface area contributed by atoms with Crippen molar-refractivity contribution in [2.75, 3.05) is 12.3 Å². The Hall–Kier alpha value is -1.34. The van der Waals surface area contributed by atoms with E-state index < -0.39 is 0 Å². The highest BCUT2D eigenvalue weighted by Gasteiger charge is 2.25. The molecule has 1 aliphatic heterocycles. The molecule has 1 atom stereocenters. The van der Waals surface area contributed by atoms with Crippen molar-refractivity contribution in [3.63, 3.8) is 0 Å². The van der Waals surface area contributed by atoms with E-state index in [2.05, 4.69) is 6.92 Å². The average molecular weight is 378 g/mol. The van der Waals surface area contributed by atoms with Crippen LogP contribution in [0.15, 0.2) is 9.95 Å². The summed E-state index contributed by atoms with van der Waals surface area (Å²) in [4.78, 5) is 34.2. The topological polar surface area (TPSA) is 55.2 Å². The third-order valence-corrected chi connectivity index (χ3v) is 7.55. The van der Waals surface area contributed by atoms with Crippen LogP contribution < -0.4 is 5.56 Å². The highest BCUT2D eigenvalue weighted by Crippen LogP contribution is 2.35. The van der Waals surface area contributed by atoms with Crippen LogP contribution >= 0.6 is 23.1 Å². The lowest BCUT2D eigenvalue weighted by Crippen LogP contribution is -2.43. The molecule has 0 unspecified atom stereocenters.